The third-order valence-electron chi connectivity index (χ3n) is 5.55. The molecule has 0 aliphatic rings. The number of nitrogens with one attached hydrogen (secondary N) is 1. The molecule has 4 nitrogen and oxygen atoms in total. The van der Waals surface area contributed by atoms with Gasteiger partial charge in [-0.25, -0.2) is 4.98 Å². The topological polar surface area (TPSA) is 51.2 Å². The van der Waals surface area contributed by atoms with Gasteiger partial charge in [0.2, 0.25) is 0 Å². The molecule has 1 heterocycles. The van der Waals surface area contributed by atoms with Crippen LogP contribution in [0.2, 0.25) is 0 Å². The summed E-state index contributed by atoms with van der Waals surface area (Å²) in [4.78, 5) is 18.4. The number of halogens is 1. The van der Waals surface area contributed by atoms with Gasteiger partial charge in [-0.1, -0.05) is 39.7 Å². The van der Waals surface area contributed by atoms with E-state index in [0.717, 1.165) is 60.3 Å². The van der Waals surface area contributed by atoms with Crippen molar-refractivity contribution in [2.75, 3.05) is 12.4 Å². The van der Waals surface area contributed by atoms with Crippen LogP contribution in [-0.2, 0) is 0 Å². The van der Waals surface area contributed by atoms with E-state index in [2.05, 4.69) is 27.3 Å². The standard InChI is InChI=1S/C27H25BrN2O2/c1-15-9-18(4)26-22(10-15)23(14-24(30-26)19-7-6-8-21(13-19)32-5)27(31)29-20-11-16(2)25(28)17(3)12-20/h6-14H,1-5H3,(H,29,31). The molecule has 0 saturated carbocycles. The van der Waals surface area contributed by atoms with Gasteiger partial charge in [0.15, 0.2) is 0 Å². The van der Waals surface area contributed by atoms with Gasteiger partial charge in [0.05, 0.1) is 23.9 Å². The minimum atomic E-state index is -0.160. The summed E-state index contributed by atoms with van der Waals surface area (Å²) in [7, 11) is 1.64. The van der Waals surface area contributed by atoms with Gasteiger partial charge in [0.1, 0.15) is 5.75 Å². The summed E-state index contributed by atoms with van der Waals surface area (Å²) < 4.78 is 6.43. The molecular formula is C27H25BrN2O2. The van der Waals surface area contributed by atoms with Crippen molar-refractivity contribution in [3.05, 3.63) is 86.9 Å². The second-order valence-electron chi connectivity index (χ2n) is 8.14. The van der Waals surface area contributed by atoms with E-state index in [4.69, 9.17) is 9.72 Å². The zero-order valence-electron chi connectivity index (χ0n) is 18.8. The molecule has 1 aromatic heterocycles. The summed E-state index contributed by atoms with van der Waals surface area (Å²) >= 11 is 3.59. The van der Waals surface area contributed by atoms with Gasteiger partial charge >= 0.3 is 0 Å². The number of ether oxygens (including phenoxy) is 1. The first-order chi connectivity index (χ1) is 15.3. The molecule has 0 bridgehead atoms. The Bertz CT molecular complexity index is 1340. The number of aryl methyl sites for hydroxylation is 4. The lowest BCUT2D eigenvalue weighted by Crippen LogP contribution is -2.14. The Morgan fingerprint density at radius 1 is 0.938 bits per heavy atom. The fourth-order valence-electron chi connectivity index (χ4n) is 4.02. The van der Waals surface area contributed by atoms with E-state index in [-0.39, 0.29) is 5.91 Å². The Morgan fingerprint density at radius 2 is 1.66 bits per heavy atom. The third-order valence-corrected chi connectivity index (χ3v) is 6.80. The van der Waals surface area contributed by atoms with Crippen LogP contribution >= 0.6 is 15.9 Å². The predicted molar refractivity (Wildman–Crippen MR) is 135 cm³/mol. The summed E-state index contributed by atoms with van der Waals surface area (Å²) in [5.41, 5.74) is 8.09. The van der Waals surface area contributed by atoms with Crippen LogP contribution in [0.1, 0.15) is 32.6 Å². The number of pyridine rings is 1. The molecule has 3 aromatic carbocycles. The number of benzene rings is 3. The molecular weight excluding hydrogens is 464 g/mol. The molecule has 1 N–H and O–H groups in total. The Balaban J connectivity index is 1.87. The molecule has 0 aliphatic carbocycles. The quantitative estimate of drug-likeness (QED) is 0.331. The van der Waals surface area contributed by atoms with Crippen molar-refractivity contribution in [3.63, 3.8) is 0 Å². The normalized spacial score (nSPS) is 10.9. The maximum atomic E-state index is 13.5. The van der Waals surface area contributed by atoms with Gasteiger partial charge in [0, 0.05) is 21.1 Å². The Kier molecular flexibility index (Phi) is 6.02. The third kappa shape index (κ3) is 4.26. The van der Waals surface area contributed by atoms with Crippen LogP contribution in [0.15, 0.2) is 59.1 Å². The maximum Gasteiger partial charge on any atom is 0.256 e. The van der Waals surface area contributed by atoms with Crippen molar-refractivity contribution in [3.8, 4) is 17.0 Å². The molecule has 0 spiro atoms. The second kappa shape index (κ2) is 8.75. The number of anilines is 1. The number of carbonyl (C=O) groups excluding carboxylic acids is 1. The average Bonchev–Trinajstić information content (AvgIpc) is 2.76. The van der Waals surface area contributed by atoms with E-state index in [1.807, 2.05) is 76.2 Å². The minimum Gasteiger partial charge on any atom is -0.497 e. The molecule has 32 heavy (non-hydrogen) atoms. The van der Waals surface area contributed by atoms with E-state index < -0.39 is 0 Å². The molecule has 0 aliphatic heterocycles. The van der Waals surface area contributed by atoms with Crippen LogP contribution in [0.5, 0.6) is 5.75 Å². The van der Waals surface area contributed by atoms with Crippen LogP contribution in [-0.4, -0.2) is 18.0 Å². The molecule has 0 unspecified atom stereocenters. The minimum absolute atomic E-state index is 0.160. The highest BCUT2D eigenvalue weighted by molar-refractivity contribution is 9.10. The fourth-order valence-corrected chi connectivity index (χ4v) is 4.24. The first kappa shape index (κ1) is 22.0. The Labute approximate surface area is 196 Å². The predicted octanol–water partition coefficient (Wildman–Crippen LogP) is 7.16. The number of fused-ring (bicyclic) bond motifs is 1. The van der Waals surface area contributed by atoms with Gasteiger partial charge < -0.3 is 10.1 Å². The number of amides is 1. The number of hydrogen-bond donors (Lipinski definition) is 1. The first-order valence-electron chi connectivity index (χ1n) is 10.4. The van der Waals surface area contributed by atoms with Gasteiger partial charge in [-0.05, 0) is 80.8 Å². The highest BCUT2D eigenvalue weighted by Crippen LogP contribution is 2.31. The van der Waals surface area contributed by atoms with Crippen molar-refractivity contribution in [2.45, 2.75) is 27.7 Å². The van der Waals surface area contributed by atoms with Crippen molar-refractivity contribution >= 4 is 38.4 Å². The zero-order chi connectivity index (χ0) is 23.0. The monoisotopic (exact) mass is 488 g/mol. The lowest BCUT2D eigenvalue weighted by molar-refractivity contribution is 0.102. The van der Waals surface area contributed by atoms with Crippen molar-refractivity contribution in [2.24, 2.45) is 0 Å². The smallest absolute Gasteiger partial charge is 0.256 e. The van der Waals surface area contributed by atoms with E-state index in [9.17, 15) is 4.79 Å². The first-order valence-corrected chi connectivity index (χ1v) is 11.2. The van der Waals surface area contributed by atoms with E-state index >= 15 is 0 Å². The lowest BCUT2D eigenvalue weighted by Gasteiger charge is -2.14. The van der Waals surface area contributed by atoms with Crippen LogP contribution in [0, 0.1) is 27.7 Å². The number of methoxy groups -OCH3 is 1. The number of nitrogens with zero attached hydrogens (tertiary/aromatic N) is 1. The highest BCUT2D eigenvalue weighted by atomic mass is 79.9. The van der Waals surface area contributed by atoms with E-state index in [0.29, 0.717) is 5.56 Å². The summed E-state index contributed by atoms with van der Waals surface area (Å²) in [6.45, 7) is 8.09. The zero-order valence-corrected chi connectivity index (χ0v) is 20.4. The van der Waals surface area contributed by atoms with Gasteiger partial charge in [-0.3, -0.25) is 4.79 Å². The van der Waals surface area contributed by atoms with Gasteiger partial charge in [0.25, 0.3) is 5.91 Å². The molecule has 0 radical (unpaired) electrons. The number of rotatable bonds is 4. The van der Waals surface area contributed by atoms with E-state index in [1.54, 1.807) is 7.11 Å². The number of hydrogen-bond acceptors (Lipinski definition) is 3. The van der Waals surface area contributed by atoms with Crippen LogP contribution < -0.4 is 10.1 Å². The largest absolute Gasteiger partial charge is 0.497 e. The summed E-state index contributed by atoms with van der Waals surface area (Å²) in [5.74, 6) is 0.588. The summed E-state index contributed by atoms with van der Waals surface area (Å²) in [6, 6.07) is 17.6. The van der Waals surface area contributed by atoms with Crippen molar-refractivity contribution in [1.82, 2.24) is 4.98 Å². The van der Waals surface area contributed by atoms with Crippen LogP contribution in [0.3, 0.4) is 0 Å². The molecule has 162 valence electrons. The Hall–Kier alpha value is -3.18. The second-order valence-corrected chi connectivity index (χ2v) is 8.94. The fraction of sp³-hybridized carbons (Fsp3) is 0.185. The SMILES string of the molecule is COc1cccc(-c2cc(C(=O)Nc3cc(C)c(Br)c(C)c3)c3cc(C)cc(C)c3n2)c1. The van der Waals surface area contributed by atoms with Crippen LogP contribution in [0.25, 0.3) is 22.2 Å². The lowest BCUT2D eigenvalue weighted by atomic mass is 9.99. The van der Waals surface area contributed by atoms with Gasteiger partial charge in [-0.15, -0.1) is 0 Å². The molecule has 0 atom stereocenters. The molecule has 4 aromatic rings. The number of aromatic nitrogens is 1. The molecule has 5 heteroatoms. The van der Waals surface area contributed by atoms with E-state index in [1.165, 1.54) is 0 Å². The molecule has 0 saturated heterocycles. The van der Waals surface area contributed by atoms with Crippen molar-refractivity contribution < 1.29 is 9.53 Å². The highest BCUT2D eigenvalue weighted by Gasteiger charge is 2.17. The van der Waals surface area contributed by atoms with Gasteiger partial charge in [-0.2, -0.15) is 0 Å². The summed E-state index contributed by atoms with van der Waals surface area (Å²) in [6.07, 6.45) is 0. The maximum absolute atomic E-state index is 13.5. The van der Waals surface area contributed by atoms with Crippen molar-refractivity contribution in [1.29, 1.82) is 0 Å². The summed E-state index contributed by atoms with van der Waals surface area (Å²) in [5, 5.41) is 3.93. The van der Waals surface area contributed by atoms with Crippen LogP contribution in [0.4, 0.5) is 5.69 Å². The molecule has 0 fully saturated rings. The number of carbonyl (C=O) groups is 1. The molecule has 1 amide bonds. The molecule has 4 rings (SSSR count). The Morgan fingerprint density at radius 3 is 2.34 bits per heavy atom. The average molecular weight is 489 g/mol.